The molecule has 0 aromatic heterocycles. The maximum atomic E-state index is 12.7. The van der Waals surface area contributed by atoms with Crippen LogP contribution in [0.2, 0.25) is 0 Å². The molecular formula is C17H24N2O2. The Morgan fingerprint density at radius 1 is 1.33 bits per heavy atom. The van der Waals surface area contributed by atoms with Crippen molar-refractivity contribution in [1.82, 2.24) is 10.2 Å². The van der Waals surface area contributed by atoms with Crippen LogP contribution in [-0.4, -0.2) is 30.0 Å². The minimum Gasteiger partial charge on any atom is -0.497 e. The maximum absolute atomic E-state index is 12.7. The molecule has 3 rings (SSSR count). The van der Waals surface area contributed by atoms with E-state index in [2.05, 4.69) is 36.2 Å². The van der Waals surface area contributed by atoms with Crippen LogP contribution in [0.3, 0.4) is 0 Å². The lowest BCUT2D eigenvalue weighted by Crippen LogP contribution is -2.33. The highest BCUT2D eigenvalue weighted by atomic mass is 16.5. The van der Waals surface area contributed by atoms with Crippen LogP contribution in [0, 0.1) is 5.92 Å². The molecule has 2 fully saturated rings. The van der Waals surface area contributed by atoms with E-state index in [0.29, 0.717) is 12.0 Å². The van der Waals surface area contributed by atoms with Gasteiger partial charge in [0.05, 0.1) is 13.2 Å². The molecule has 1 N–H and O–H groups in total. The molecule has 1 heterocycles. The highest BCUT2D eigenvalue weighted by Crippen LogP contribution is 2.42. The summed E-state index contributed by atoms with van der Waals surface area (Å²) in [4.78, 5) is 14.7. The van der Waals surface area contributed by atoms with Crippen molar-refractivity contribution in [2.24, 2.45) is 5.92 Å². The fraction of sp³-hybridized carbons (Fsp3) is 0.588. The van der Waals surface area contributed by atoms with Gasteiger partial charge in [0.25, 0.3) is 0 Å². The lowest BCUT2D eigenvalue weighted by Gasteiger charge is -2.25. The number of rotatable bonds is 5. The second-order valence-electron chi connectivity index (χ2n) is 6.21. The number of nitrogens with one attached hydrogen (secondary N) is 1. The topological polar surface area (TPSA) is 41.6 Å². The minimum atomic E-state index is -0.0325. The average Bonchev–Trinajstić information content (AvgIpc) is 3.13. The molecule has 114 valence electrons. The Morgan fingerprint density at radius 2 is 2.00 bits per heavy atom. The number of benzene rings is 1. The molecule has 1 saturated carbocycles. The first kappa shape index (κ1) is 14.4. The molecule has 1 aliphatic carbocycles. The van der Waals surface area contributed by atoms with Gasteiger partial charge >= 0.3 is 0 Å². The molecule has 4 atom stereocenters. The number of hydrogen-bond donors (Lipinski definition) is 1. The van der Waals surface area contributed by atoms with E-state index in [9.17, 15) is 4.79 Å². The molecule has 4 nitrogen and oxygen atoms in total. The normalized spacial score (nSPS) is 31.6. The smallest absolute Gasteiger partial charge is 0.241 e. The van der Waals surface area contributed by atoms with Gasteiger partial charge in [0.1, 0.15) is 11.9 Å². The fourth-order valence-corrected chi connectivity index (χ4v) is 3.23. The van der Waals surface area contributed by atoms with Crippen molar-refractivity contribution in [3.8, 4) is 5.75 Å². The van der Waals surface area contributed by atoms with Gasteiger partial charge in [0, 0.05) is 6.04 Å². The van der Waals surface area contributed by atoms with Gasteiger partial charge in [-0.25, -0.2) is 0 Å². The van der Waals surface area contributed by atoms with Gasteiger partial charge in [-0.3, -0.25) is 10.1 Å². The number of hydrogen-bond acceptors (Lipinski definition) is 3. The SMILES string of the molecule is CCCC1NC(c2ccc(OC)cc2)N(C2CC2C)C1=O. The summed E-state index contributed by atoms with van der Waals surface area (Å²) in [7, 11) is 1.67. The average molecular weight is 288 g/mol. The number of carbonyl (C=O) groups excluding carboxylic acids is 1. The van der Waals surface area contributed by atoms with Crippen LogP contribution in [0.1, 0.15) is 44.8 Å². The third-order valence-corrected chi connectivity index (χ3v) is 4.62. The number of nitrogens with zero attached hydrogens (tertiary/aromatic N) is 1. The van der Waals surface area contributed by atoms with Crippen LogP contribution >= 0.6 is 0 Å². The van der Waals surface area contributed by atoms with E-state index in [1.807, 2.05) is 12.1 Å². The Hall–Kier alpha value is -1.55. The second-order valence-corrected chi connectivity index (χ2v) is 6.21. The molecule has 1 aliphatic heterocycles. The summed E-state index contributed by atoms with van der Waals surface area (Å²) in [6.45, 7) is 4.34. The summed E-state index contributed by atoms with van der Waals surface area (Å²) in [5, 5.41) is 3.52. The van der Waals surface area contributed by atoms with Crippen molar-refractivity contribution in [2.75, 3.05) is 7.11 Å². The molecule has 4 unspecified atom stereocenters. The highest BCUT2D eigenvalue weighted by Gasteiger charge is 2.49. The molecule has 0 bridgehead atoms. The summed E-state index contributed by atoms with van der Waals surface area (Å²) in [5.74, 6) is 1.74. The van der Waals surface area contributed by atoms with E-state index in [-0.39, 0.29) is 18.1 Å². The summed E-state index contributed by atoms with van der Waals surface area (Å²) in [6.07, 6.45) is 3.06. The molecule has 0 radical (unpaired) electrons. The Morgan fingerprint density at radius 3 is 2.52 bits per heavy atom. The van der Waals surface area contributed by atoms with Crippen molar-refractivity contribution in [1.29, 1.82) is 0 Å². The Kier molecular flexibility index (Phi) is 3.89. The van der Waals surface area contributed by atoms with Crippen LogP contribution in [0.5, 0.6) is 5.75 Å². The summed E-state index contributed by atoms with van der Waals surface area (Å²) in [5.41, 5.74) is 1.14. The van der Waals surface area contributed by atoms with Crippen LogP contribution < -0.4 is 10.1 Å². The molecular weight excluding hydrogens is 264 g/mol. The first-order chi connectivity index (χ1) is 10.2. The lowest BCUT2D eigenvalue weighted by molar-refractivity contribution is -0.131. The van der Waals surface area contributed by atoms with E-state index < -0.39 is 0 Å². The monoisotopic (exact) mass is 288 g/mol. The van der Waals surface area contributed by atoms with Crippen molar-refractivity contribution < 1.29 is 9.53 Å². The van der Waals surface area contributed by atoms with Crippen LogP contribution in [0.4, 0.5) is 0 Å². The summed E-state index contributed by atoms with van der Waals surface area (Å²) in [6, 6.07) is 8.40. The first-order valence-electron chi connectivity index (χ1n) is 7.88. The first-order valence-corrected chi connectivity index (χ1v) is 7.88. The largest absolute Gasteiger partial charge is 0.497 e. The Bertz CT molecular complexity index is 514. The lowest BCUT2D eigenvalue weighted by atomic mass is 10.1. The quantitative estimate of drug-likeness (QED) is 0.906. The minimum absolute atomic E-state index is 0.00917. The van der Waals surface area contributed by atoms with Crippen molar-refractivity contribution in [3.63, 3.8) is 0 Å². The maximum Gasteiger partial charge on any atom is 0.241 e. The standard InChI is InChI=1S/C17H24N2O2/c1-4-5-14-17(20)19(15-10-11(15)2)16(18-14)12-6-8-13(21-3)9-7-12/h6-9,11,14-16,18H,4-5,10H2,1-3H3. The number of methoxy groups -OCH3 is 1. The van der Waals surface area contributed by atoms with Crippen LogP contribution in [0.25, 0.3) is 0 Å². The number of ether oxygens (including phenoxy) is 1. The molecule has 1 aromatic rings. The van der Waals surface area contributed by atoms with Crippen molar-refractivity contribution in [3.05, 3.63) is 29.8 Å². The van der Waals surface area contributed by atoms with Gasteiger partial charge in [-0.1, -0.05) is 32.4 Å². The molecule has 21 heavy (non-hydrogen) atoms. The molecule has 4 heteroatoms. The van der Waals surface area contributed by atoms with Gasteiger partial charge < -0.3 is 9.64 Å². The third-order valence-electron chi connectivity index (χ3n) is 4.62. The summed E-state index contributed by atoms with van der Waals surface area (Å²) < 4.78 is 5.22. The predicted octanol–water partition coefficient (Wildman–Crippen LogP) is 2.70. The van der Waals surface area contributed by atoms with E-state index >= 15 is 0 Å². The molecule has 1 saturated heterocycles. The van der Waals surface area contributed by atoms with Gasteiger partial charge in [0.2, 0.25) is 5.91 Å². The Labute approximate surface area is 126 Å². The van der Waals surface area contributed by atoms with Gasteiger partial charge in [-0.05, 0) is 36.5 Å². The van der Waals surface area contributed by atoms with Crippen molar-refractivity contribution in [2.45, 2.75) is 51.4 Å². The third kappa shape index (κ3) is 2.64. The zero-order valence-electron chi connectivity index (χ0n) is 13.0. The van der Waals surface area contributed by atoms with Gasteiger partial charge in [-0.2, -0.15) is 0 Å². The Balaban J connectivity index is 1.85. The van der Waals surface area contributed by atoms with Crippen molar-refractivity contribution >= 4 is 5.91 Å². The van der Waals surface area contributed by atoms with Crippen LogP contribution in [0.15, 0.2) is 24.3 Å². The van der Waals surface area contributed by atoms with E-state index in [0.717, 1.165) is 30.6 Å². The number of carbonyl (C=O) groups is 1. The highest BCUT2D eigenvalue weighted by molar-refractivity contribution is 5.85. The zero-order valence-corrected chi connectivity index (χ0v) is 13.0. The fourth-order valence-electron chi connectivity index (χ4n) is 3.23. The van der Waals surface area contributed by atoms with E-state index in [1.54, 1.807) is 7.11 Å². The molecule has 1 aromatic carbocycles. The van der Waals surface area contributed by atoms with Crippen LogP contribution in [-0.2, 0) is 4.79 Å². The van der Waals surface area contributed by atoms with Gasteiger partial charge in [-0.15, -0.1) is 0 Å². The molecule has 1 amide bonds. The zero-order chi connectivity index (χ0) is 15.0. The number of amides is 1. The summed E-state index contributed by atoms with van der Waals surface area (Å²) >= 11 is 0. The van der Waals surface area contributed by atoms with E-state index in [4.69, 9.17) is 4.74 Å². The second kappa shape index (κ2) is 5.68. The van der Waals surface area contributed by atoms with Gasteiger partial charge in [0.15, 0.2) is 0 Å². The molecule has 0 spiro atoms. The predicted molar refractivity (Wildman–Crippen MR) is 82.0 cm³/mol. The molecule has 2 aliphatic rings. The van der Waals surface area contributed by atoms with E-state index in [1.165, 1.54) is 0 Å².